The molecular formula is C20H19N5O3. The minimum atomic E-state index is -1.04. The van der Waals surface area contributed by atoms with Gasteiger partial charge in [0.05, 0.1) is 5.56 Å². The van der Waals surface area contributed by atoms with Gasteiger partial charge in [-0.15, -0.1) is 10.2 Å². The van der Waals surface area contributed by atoms with Crippen molar-refractivity contribution in [3.8, 4) is 11.5 Å². The second-order valence-electron chi connectivity index (χ2n) is 7.47. The summed E-state index contributed by atoms with van der Waals surface area (Å²) in [6.45, 7) is 0. The molecule has 2 N–H and O–H groups in total. The van der Waals surface area contributed by atoms with Gasteiger partial charge in [-0.05, 0) is 36.8 Å². The third-order valence-corrected chi connectivity index (χ3v) is 5.73. The Bertz CT molecular complexity index is 1000. The molecule has 1 aromatic carbocycles. The maximum absolute atomic E-state index is 11.6. The van der Waals surface area contributed by atoms with Crippen molar-refractivity contribution in [3.63, 3.8) is 0 Å². The van der Waals surface area contributed by atoms with Gasteiger partial charge in [-0.1, -0.05) is 30.7 Å². The molecule has 1 saturated carbocycles. The van der Waals surface area contributed by atoms with Crippen LogP contribution in [0, 0.1) is 0 Å². The van der Waals surface area contributed by atoms with Crippen LogP contribution in [0.5, 0.6) is 0 Å². The number of benzene rings is 1. The molecule has 0 amide bonds. The molecule has 0 spiro atoms. The molecule has 3 aromatic rings. The average Bonchev–Trinajstić information content (AvgIpc) is 3.28. The summed E-state index contributed by atoms with van der Waals surface area (Å²) in [5.41, 5.74) is 2.25. The van der Waals surface area contributed by atoms with E-state index in [0.29, 0.717) is 24.4 Å². The lowest BCUT2D eigenvalue weighted by atomic mass is 9.69. The molecule has 0 bridgehead atoms. The van der Waals surface area contributed by atoms with Crippen LogP contribution in [0.2, 0.25) is 0 Å². The lowest BCUT2D eigenvalue weighted by Gasteiger charge is -2.33. The third-order valence-electron chi connectivity index (χ3n) is 5.73. The summed E-state index contributed by atoms with van der Waals surface area (Å²) in [6.07, 6.45) is 7.02. The smallest absolute Gasteiger partial charge is 0.319 e. The summed E-state index contributed by atoms with van der Waals surface area (Å²) < 4.78 is 5.65. The van der Waals surface area contributed by atoms with Crippen molar-refractivity contribution in [2.75, 3.05) is 5.32 Å². The number of carboxylic acids is 1. The van der Waals surface area contributed by atoms with Gasteiger partial charge in [-0.3, -0.25) is 4.79 Å². The number of anilines is 1. The maximum atomic E-state index is 11.6. The zero-order chi connectivity index (χ0) is 19.1. The van der Waals surface area contributed by atoms with Crippen LogP contribution in [0.3, 0.4) is 0 Å². The zero-order valence-corrected chi connectivity index (χ0v) is 15.1. The third kappa shape index (κ3) is 2.72. The van der Waals surface area contributed by atoms with Crippen molar-refractivity contribution in [2.24, 2.45) is 0 Å². The SMILES string of the molecule is O=C(O)C1(c2nnc(-c3cnc(NC4Cc5ccccc5C4)nc3)o2)CCC1. The normalized spacial score (nSPS) is 17.7. The molecule has 2 aliphatic rings. The fourth-order valence-corrected chi connectivity index (χ4v) is 3.94. The predicted molar refractivity (Wildman–Crippen MR) is 99.7 cm³/mol. The molecule has 5 rings (SSSR count). The minimum absolute atomic E-state index is 0.159. The number of hydrogen-bond donors (Lipinski definition) is 2. The number of aliphatic carboxylic acids is 1. The van der Waals surface area contributed by atoms with Crippen LogP contribution < -0.4 is 5.32 Å². The van der Waals surface area contributed by atoms with E-state index in [1.165, 1.54) is 11.1 Å². The molecule has 0 unspecified atom stereocenters. The van der Waals surface area contributed by atoms with Gasteiger partial charge in [0.2, 0.25) is 11.8 Å². The zero-order valence-electron chi connectivity index (χ0n) is 15.1. The average molecular weight is 377 g/mol. The summed E-state index contributed by atoms with van der Waals surface area (Å²) in [5, 5.41) is 20.8. The van der Waals surface area contributed by atoms with Crippen LogP contribution in [-0.4, -0.2) is 37.3 Å². The van der Waals surface area contributed by atoms with Crippen molar-refractivity contribution in [2.45, 2.75) is 43.6 Å². The maximum Gasteiger partial charge on any atom is 0.319 e. The Morgan fingerprint density at radius 1 is 1.11 bits per heavy atom. The van der Waals surface area contributed by atoms with E-state index in [1.807, 2.05) is 0 Å². The lowest BCUT2D eigenvalue weighted by Crippen LogP contribution is -2.42. The topological polar surface area (TPSA) is 114 Å². The molecule has 1 fully saturated rings. The molecule has 2 aliphatic carbocycles. The monoisotopic (exact) mass is 377 g/mol. The van der Waals surface area contributed by atoms with E-state index >= 15 is 0 Å². The van der Waals surface area contributed by atoms with Gasteiger partial charge in [0.1, 0.15) is 5.41 Å². The fraction of sp³-hybridized carbons (Fsp3) is 0.350. The van der Waals surface area contributed by atoms with Crippen LogP contribution in [-0.2, 0) is 23.1 Å². The van der Waals surface area contributed by atoms with E-state index in [9.17, 15) is 9.90 Å². The van der Waals surface area contributed by atoms with Crippen molar-refractivity contribution < 1.29 is 14.3 Å². The second kappa shape index (κ2) is 6.40. The Labute approximate surface area is 161 Å². The fourth-order valence-electron chi connectivity index (χ4n) is 3.94. The molecule has 0 aliphatic heterocycles. The van der Waals surface area contributed by atoms with Crippen molar-refractivity contribution in [3.05, 3.63) is 53.7 Å². The summed E-state index contributed by atoms with van der Waals surface area (Å²) in [6, 6.07) is 8.69. The molecule has 8 heteroatoms. The van der Waals surface area contributed by atoms with Gasteiger partial charge in [0, 0.05) is 18.4 Å². The molecule has 0 saturated heterocycles. The predicted octanol–water partition coefficient (Wildman–Crippen LogP) is 2.61. The molecule has 0 atom stereocenters. The van der Waals surface area contributed by atoms with Crippen LogP contribution in [0.4, 0.5) is 5.95 Å². The van der Waals surface area contributed by atoms with Crippen LogP contribution in [0.15, 0.2) is 41.1 Å². The Balaban J connectivity index is 1.29. The Kier molecular flexibility index (Phi) is 3.85. The van der Waals surface area contributed by atoms with Gasteiger partial charge >= 0.3 is 5.97 Å². The van der Waals surface area contributed by atoms with E-state index < -0.39 is 11.4 Å². The van der Waals surface area contributed by atoms with Gasteiger partial charge in [-0.2, -0.15) is 0 Å². The summed E-state index contributed by atoms with van der Waals surface area (Å²) in [4.78, 5) is 20.3. The molecule has 2 aromatic heterocycles. The Hall–Kier alpha value is -3.29. The van der Waals surface area contributed by atoms with Gasteiger partial charge < -0.3 is 14.8 Å². The highest BCUT2D eigenvalue weighted by molar-refractivity contribution is 5.81. The molecule has 28 heavy (non-hydrogen) atoms. The number of aromatic nitrogens is 4. The largest absolute Gasteiger partial charge is 0.480 e. The van der Waals surface area contributed by atoms with E-state index in [4.69, 9.17) is 4.42 Å². The first-order valence-electron chi connectivity index (χ1n) is 9.37. The standard InChI is InChI=1S/C20H19N5O3/c26-18(27)20(6-3-7-20)17-25-24-16(28-17)14-10-21-19(22-11-14)23-15-8-12-4-1-2-5-13(12)9-15/h1-2,4-5,10-11,15H,3,6-9H2,(H,26,27)(H,21,22,23). The van der Waals surface area contributed by atoms with Crippen LogP contribution in [0.25, 0.3) is 11.5 Å². The number of carbonyl (C=O) groups is 1. The number of carboxylic acid groups (broad SMARTS) is 1. The molecule has 0 radical (unpaired) electrons. The van der Waals surface area contributed by atoms with Crippen molar-refractivity contribution >= 4 is 11.9 Å². The summed E-state index contributed by atoms with van der Waals surface area (Å²) >= 11 is 0. The lowest BCUT2D eigenvalue weighted by molar-refractivity contribution is -0.148. The molecule has 142 valence electrons. The van der Waals surface area contributed by atoms with Crippen LogP contribution in [0.1, 0.15) is 36.3 Å². The first-order valence-corrected chi connectivity index (χ1v) is 9.37. The molecule has 8 nitrogen and oxygen atoms in total. The summed E-state index contributed by atoms with van der Waals surface area (Å²) in [5.74, 6) is 0.0270. The second-order valence-corrected chi connectivity index (χ2v) is 7.47. The Morgan fingerprint density at radius 3 is 2.36 bits per heavy atom. The van der Waals surface area contributed by atoms with E-state index in [-0.39, 0.29) is 17.8 Å². The van der Waals surface area contributed by atoms with E-state index in [1.54, 1.807) is 12.4 Å². The highest BCUT2D eigenvalue weighted by Gasteiger charge is 2.50. The van der Waals surface area contributed by atoms with Gasteiger partial charge in [0.25, 0.3) is 5.89 Å². The number of rotatable bonds is 5. The molecule has 2 heterocycles. The molecular weight excluding hydrogens is 358 g/mol. The number of hydrogen-bond acceptors (Lipinski definition) is 7. The highest BCUT2D eigenvalue weighted by atomic mass is 16.4. The van der Waals surface area contributed by atoms with Gasteiger partial charge in [0.15, 0.2) is 0 Å². The highest BCUT2D eigenvalue weighted by Crippen LogP contribution is 2.43. The van der Waals surface area contributed by atoms with E-state index in [2.05, 4.69) is 49.7 Å². The van der Waals surface area contributed by atoms with Gasteiger partial charge in [-0.25, -0.2) is 9.97 Å². The quantitative estimate of drug-likeness (QED) is 0.697. The minimum Gasteiger partial charge on any atom is -0.480 e. The number of nitrogens with one attached hydrogen (secondary N) is 1. The number of nitrogens with zero attached hydrogens (tertiary/aromatic N) is 4. The number of fused-ring (bicyclic) bond motifs is 1. The first kappa shape index (κ1) is 16.9. The first-order chi connectivity index (χ1) is 13.6. The van der Waals surface area contributed by atoms with Crippen molar-refractivity contribution in [1.82, 2.24) is 20.2 Å². The summed E-state index contributed by atoms with van der Waals surface area (Å²) in [7, 11) is 0. The van der Waals surface area contributed by atoms with E-state index in [0.717, 1.165) is 19.3 Å². The van der Waals surface area contributed by atoms with Crippen LogP contribution >= 0.6 is 0 Å². The van der Waals surface area contributed by atoms with Crippen molar-refractivity contribution in [1.29, 1.82) is 0 Å². The Morgan fingerprint density at radius 2 is 1.79 bits per heavy atom.